The molecule has 0 bridgehead atoms. The van der Waals surface area contributed by atoms with Crippen molar-refractivity contribution in [3.8, 4) is 0 Å². The first-order chi connectivity index (χ1) is 6.66. The van der Waals surface area contributed by atoms with E-state index in [-0.39, 0.29) is 0 Å². The summed E-state index contributed by atoms with van der Waals surface area (Å²) in [5, 5.41) is 0. The Labute approximate surface area is 98.3 Å². The number of hydrogen-bond donors (Lipinski definition) is 0. The zero-order valence-corrected chi connectivity index (χ0v) is 11.5. The van der Waals surface area contributed by atoms with E-state index in [2.05, 4.69) is 27.4 Å². The van der Waals surface area contributed by atoms with Crippen molar-refractivity contribution >= 4 is 23.5 Å². The predicted octanol–water partition coefficient (Wildman–Crippen LogP) is 4.47. The molecule has 0 unspecified atom stereocenters. The minimum absolute atomic E-state index is 0.838. The highest BCUT2D eigenvalue weighted by molar-refractivity contribution is 8.00. The molecule has 0 rings (SSSR count). The third-order valence-electron chi connectivity index (χ3n) is 1.80. The zero-order valence-electron chi connectivity index (χ0n) is 9.84. The van der Waals surface area contributed by atoms with Gasteiger partial charge in [0.1, 0.15) is 0 Å². The van der Waals surface area contributed by atoms with E-state index in [1.807, 2.05) is 23.5 Å². The molecular weight excluding hydrogens is 208 g/mol. The van der Waals surface area contributed by atoms with Crippen LogP contribution in [0.3, 0.4) is 0 Å². The Morgan fingerprint density at radius 3 is 2.21 bits per heavy atom. The predicted molar refractivity (Wildman–Crippen MR) is 73.5 cm³/mol. The van der Waals surface area contributed by atoms with Crippen LogP contribution in [0.5, 0.6) is 0 Å². The van der Waals surface area contributed by atoms with Crippen molar-refractivity contribution in [1.29, 1.82) is 0 Å². The summed E-state index contributed by atoms with van der Waals surface area (Å²) in [4.78, 5) is 0. The number of thioether (sulfide) groups is 2. The summed E-state index contributed by atoms with van der Waals surface area (Å²) in [6, 6.07) is 0. The van der Waals surface area contributed by atoms with Crippen LogP contribution in [0.25, 0.3) is 0 Å². The molecular formula is C12H24S2. The van der Waals surface area contributed by atoms with Crippen LogP contribution in [-0.2, 0) is 0 Å². The van der Waals surface area contributed by atoms with E-state index in [0.717, 1.165) is 17.4 Å². The standard InChI is InChI=1S/C12H24S2/c1-5-7-13-9-12(4)10-14-8-6-11(2)3/h11H,4-10H2,1-3H3. The lowest BCUT2D eigenvalue weighted by Gasteiger charge is -2.06. The highest BCUT2D eigenvalue weighted by atomic mass is 32.2. The van der Waals surface area contributed by atoms with Crippen LogP contribution in [0.1, 0.15) is 33.6 Å². The Morgan fingerprint density at radius 2 is 1.71 bits per heavy atom. The number of rotatable bonds is 9. The first kappa shape index (κ1) is 14.4. The summed E-state index contributed by atoms with van der Waals surface area (Å²) in [5.41, 5.74) is 1.40. The van der Waals surface area contributed by atoms with Crippen LogP contribution in [-0.4, -0.2) is 23.0 Å². The van der Waals surface area contributed by atoms with Gasteiger partial charge in [0.25, 0.3) is 0 Å². The molecule has 0 aliphatic heterocycles. The molecule has 0 aromatic rings. The van der Waals surface area contributed by atoms with Crippen molar-refractivity contribution in [2.45, 2.75) is 33.6 Å². The van der Waals surface area contributed by atoms with Crippen molar-refractivity contribution in [3.05, 3.63) is 12.2 Å². The van der Waals surface area contributed by atoms with Crippen molar-refractivity contribution in [2.24, 2.45) is 5.92 Å². The third-order valence-corrected chi connectivity index (χ3v) is 4.25. The SMILES string of the molecule is C=C(CSCCC)CSCCC(C)C. The van der Waals surface area contributed by atoms with Gasteiger partial charge in [0.05, 0.1) is 0 Å². The zero-order chi connectivity index (χ0) is 10.8. The molecule has 0 spiro atoms. The van der Waals surface area contributed by atoms with Crippen LogP contribution < -0.4 is 0 Å². The first-order valence-corrected chi connectivity index (χ1v) is 7.79. The molecule has 0 radical (unpaired) electrons. The normalized spacial score (nSPS) is 10.9. The van der Waals surface area contributed by atoms with E-state index in [9.17, 15) is 0 Å². The van der Waals surface area contributed by atoms with E-state index in [0.29, 0.717) is 0 Å². The van der Waals surface area contributed by atoms with Gasteiger partial charge >= 0.3 is 0 Å². The molecule has 0 aliphatic carbocycles. The maximum Gasteiger partial charge on any atom is 0.0148 e. The molecule has 0 N–H and O–H groups in total. The second-order valence-corrected chi connectivity index (χ2v) is 6.25. The van der Waals surface area contributed by atoms with E-state index >= 15 is 0 Å². The third kappa shape index (κ3) is 10.5. The molecule has 0 aromatic heterocycles. The topological polar surface area (TPSA) is 0 Å². The second-order valence-electron chi connectivity index (χ2n) is 4.04. The molecule has 0 saturated heterocycles. The summed E-state index contributed by atoms with van der Waals surface area (Å²) in [7, 11) is 0. The van der Waals surface area contributed by atoms with Gasteiger partial charge in [-0.2, -0.15) is 23.5 Å². The lowest BCUT2D eigenvalue weighted by Crippen LogP contribution is -1.94. The van der Waals surface area contributed by atoms with Crippen LogP contribution in [0.15, 0.2) is 12.2 Å². The van der Waals surface area contributed by atoms with Gasteiger partial charge in [-0.15, -0.1) is 0 Å². The summed E-state index contributed by atoms with van der Waals surface area (Å²) in [5.74, 6) is 5.71. The first-order valence-electron chi connectivity index (χ1n) is 5.49. The minimum Gasteiger partial charge on any atom is -0.158 e. The maximum atomic E-state index is 4.10. The van der Waals surface area contributed by atoms with Gasteiger partial charge in [0.15, 0.2) is 0 Å². The fourth-order valence-corrected chi connectivity index (χ4v) is 3.06. The van der Waals surface area contributed by atoms with Crippen LogP contribution >= 0.6 is 23.5 Å². The Hall–Kier alpha value is 0.440. The van der Waals surface area contributed by atoms with Crippen LogP contribution in [0.4, 0.5) is 0 Å². The average molecular weight is 232 g/mol. The van der Waals surface area contributed by atoms with Gasteiger partial charge in [-0.25, -0.2) is 0 Å². The highest BCUT2D eigenvalue weighted by Gasteiger charge is 1.97. The average Bonchev–Trinajstić information content (AvgIpc) is 2.13. The van der Waals surface area contributed by atoms with Crippen molar-refractivity contribution in [3.63, 3.8) is 0 Å². The lowest BCUT2D eigenvalue weighted by atomic mass is 10.2. The maximum absolute atomic E-state index is 4.10. The molecule has 14 heavy (non-hydrogen) atoms. The lowest BCUT2D eigenvalue weighted by molar-refractivity contribution is 0.632. The van der Waals surface area contributed by atoms with E-state index in [1.54, 1.807) is 0 Å². The molecule has 0 aromatic carbocycles. The largest absolute Gasteiger partial charge is 0.158 e. The van der Waals surface area contributed by atoms with Gasteiger partial charge < -0.3 is 0 Å². The second kappa shape index (κ2) is 9.97. The number of hydrogen-bond acceptors (Lipinski definition) is 2. The quantitative estimate of drug-likeness (QED) is 0.425. The van der Waals surface area contributed by atoms with Crippen LogP contribution in [0, 0.1) is 5.92 Å². The molecule has 0 heterocycles. The molecule has 2 heteroatoms. The van der Waals surface area contributed by atoms with Crippen molar-refractivity contribution < 1.29 is 0 Å². The molecule has 0 aliphatic rings. The molecule has 0 amide bonds. The molecule has 0 fully saturated rings. The molecule has 0 atom stereocenters. The van der Waals surface area contributed by atoms with E-state index in [1.165, 1.54) is 29.9 Å². The molecule has 0 saturated carbocycles. The fraction of sp³-hybridized carbons (Fsp3) is 0.833. The van der Waals surface area contributed by atoms with E-state index < -0.39 is 0 Å². The fourth-order valence-electron chi connectivity index (χ4n) is 0.938. The summed E-state index contributed by atoms with van der Waals surface area (Å²) < 4.78 is 0. The Bertz CT molecular complexity index is 141. The molecule has 84 valence electrons. The van der Waals surface area contributed by atoms with Gasteiger partial charge in [0.2, 0.25) is 0 Å². The summed E-state index contributed by atoms with van der Waals surface area (Å²) >= 11 is 4.05. The Morgan fingerprint density at radius 1 is 1.14 bits per heavy atom. The van der Waals surface area contributed by atoms with Crippen LogP contribution in [0.2, 0.25) is 0 Å². The van der Waals surface area contributed by atoms with Gasteiger partial charge in [-0.1, -0.05) is 32.9 Å². The highest BCUT2D eigenvalue weighted by Crippen LogP contribution is 2.15. The minimum atomic E-state index is 0.838. The van der Waals surface area contributed by atoms with Gasteiger partial charge in [-0.05, 0) is 30.3 Å². The van der Waals surface area contributed by atoms with Crippen molar-refractivity contribution in [2.75, 3.05) is 23.0 Å². The van der Waals surface area contributed by atoms with Crippen molar-refractivity contribution in [1.82, 2.24) is 0 Å². The monoisotopic (exact) mass is 232 g/mol. The smallest absolute Gasteiger partial charge is 0.0148 e. The molecule has 0 nitrogen and oxygen atoms in total. The summed E-state index contributed by atoms with van der Waals surface area (Å²) in [6.07, 6.45) is 2.61. The Balaban J connectivity index is 3.18. The van der Waals surface area contributed by atoms with Gasteiger partial charge in [0, 0.05) is 11.5 Å². The van der Waals surface area contributed by atoms with E-state index in [4.69, 9.17) is 0 Å². The van der Waals surface area contributed by atoms with Gasteiger partial charge in [-0.3, -0.25) is 0 Å². The summed E-state index contributed by atoms with van der Waals surface area (Å²) in [6.45, 7) is 10.9. The Kier molecular flexibility index (Phi) is 10.3.